The van der Waals surface area contributed by atoms with Gasteiger partial charge >= 0.3 is 6.18 Å². The fraction of sp³-hybridized carbons (Fsp3) is 0.400. The first kappa shape index (κ1) is 14.6. The number of methoxy groups -OCH3 is 2. The second-order valence-electron chi connectivity index (χ2n) is 3.18. The van der Waals surface area contributed by atoms with Crippen LogP contribution in [0.3, 0.4) is 0 Å². The van der Waals surface area contributed by atoms with Gasteiger partial charge in [-0.3, -0.25) is 0 Å². The summed E-state index contributed by atoms with van der Waals surface area (Å²) in [6, 6.07) is 3.50. The van der Waals surface area contributed by atoms with Gasteiger partial charge in [-0.1, -0.05) is 23.2 Å². The lowest BCUT2D eigenvalue weighted by atomic mass is 10.1. The third-order valence-electron chi connectivity index (χ3n) is 2.19. The summed E-state index contributed by atoms with van der Waals surface area (Å²) in [7, 11) is 1.79. The van der Waals surface area contributed by atoms with Crippen LogP contribution in [0, 0.1) is 0 Å². The molecule has 2 nitrogen and oxygen atoms in total. The molecule has 0 aliphatic carbocycles. The minimum Gasteiger partial charge on any atom is -0.342 e. The van der Waals surface area contributed by atoms with Crippen molar-refractivity contribution in [3.05, 3.63) is 33.8 Å². The van der Waals surface area contributed by atoms with Gasteiger partial charge in [0.2, 0.25) is 0 Å². The van der Waals surface area contributed by atoms with E-state index in [0.29, 0.717) is 0 Å². The lowest BCUT2D eigenvalue weighted by Crippen LogP contribution is -2.45. The zero-order chi connectivity index (χ0) is 13.3. The molecule has 0 bridgehead atoms. The molecule has 0 saturated carbocycles. The standard InChI is InChI=1S/C10H9Cl2F3O2/c1-16-9(17-2,10(13,14)15)6-3-7(11)5-8(12)4-6/h3-5H,1-2H3. The van der Waals surface area contributed by atoms with Crippen LogP contribution in [0.5, 0.6) is 0 Å². The molecule has 0 heterocycles. The molecule has 0 aromatic heterocycles. The van der Waals surface area contributed by atoms with Crippen molar-refractivity contribution in [3.63, 3.8) is 0 Å². The minimum atomic E-state index is -4.76. The summed E-state index contributed by atoms with van der Waals surface area (Å²) >= 11 is 11.3. The Morgan fingerprint density at radius 1 is 0.941 bits per heavy atom. The third kappa shape index (κ3) is 2.68. The van der Waals surface area contributed by atoms with Gasteiger partial charge in [-0.25, -0.2) is 0 Å². The van der Waals surface area contributed by atoms with Gasteiger partial charge in [0.1, 0.15) is 0 Å². The molecule has 1 rings (SSSR count). The Hall–Kier alpha value is -0.490. The third-order valence-corrected chi connectivity index (χ3v) is 2.63. The van der Waals surface area contributed by atoms with Crippen molar-refractivity contribution < 1.29 is 22.6 Å². The molecule has 0 atom stereocenters. The molecule has 7 heteroatoms. The van der Waals surface area contributed by atoms with Crippen LogP contribution in [0.25, 0.3) is 0 Å². The van der Waals surface area contributed by atoms with Crippen molar-refractivity contribution >= 4 is 23.2 Å². The summed E-state index contributed by atoms with van der Waals surface area (Å²) in [5.41, 5.74) is -0.312. The molecule has 0 spiro atoms. The lowest BCUT2D eigenvalue weighted by molar-refractivity contribution is -0.376. The number of hydrogen-bond donors (Lipinski definition) is 0. The zero-order valence-corrected chi connectivity index (χ0v) is 10.5. The Morgan fingerprint density at radius 2 is 1.35 bits per heavy atom. The quantitative estimate of drug-likeness (QED) is 0.783. The van der Waals surface area contributed by atoms with Crippen LogP contribution in [-0.2, 0) is 15.3 Å². The van der Waals surface area contributed by atoms with E-state index in [4.69, 9.17) is 23.2 Å². The van der Waals surface area contributed by atoms with Crippen molar-refractivity contribution in [2.75, 3.05) is 14.2 Å². The maximum absolute atomic E-state index is 13.0. The SMILES string of the molecule is COC(OC)(c1cc(Cl)cc(Cl)c1)C(F)(F)F. The van der Waals surface area contributed by atoms with Crippen molar-refractivity contribution in [3.8, 4) is 0 Å². The Labute approximate surface area is 106 Å². The van der Waals surface area contributed by atoms with Crippen molar-refractivity contribution in [2.45, 2.75) is 12.0 Å². The van der Waals surface area contributed by atoms with E-state index in [1.807, 2.05) is 0 Å². The molecule has 0 aliphatic rings. The maximum atomic E-state index is 13.0. The van der Waals surface area contributed by atoms with Gasteiger partial charge in [0.25, 0.3) is 5.79 Å². The molecular weight excluding hydrogens is 280 g/mol. The highest BCUT2D eigenvalue weighted by atomic mass is 35.5. The van der Waals surface area contributed by atoms with Crippen LogP contribution in [0.2, 0.25) is 10.0 Å². The monoisotopic (exact) mass is 288 g/mol. The van der Waals surface area contributed by atoms with Crippen LogP contribution in [-0.4, -0.2) is 20.4 Å². The first-order chi connectivity index (χ1) is 7.76. The molecule has 0 saturated heterocycles. The summed E-state index contributed by atoms with van der Waals surface area (Å²) in [6.07, 6.45) is -4.76. The first-order valence-electron chi connectivity index (χ1n) is 4.40. The van der Waals surface area contributed by atoms with E-state index >= 15 is 0 Å². The number of ether oxygens (including phenoxy) is 2. The number of hydrogen-bond acceptors (Lipinski definition) is 2. The second kappa shape index (κ2) is 5.02. The highest BCUT2D eigenvalue weighted by Gasteiger charge is 2.58. The predicted molar refractivity (Wildman–Crippen MR) is 58.2 cm³/mol. The molecule has 1 aromatic carbocycles. The molecular formula is C10H9Cl2F3O2. The Morgan fingerprint density at radius 3 is 1.65 bits per heavy atom. The van der Waals surface area contributed by atoms with Crippen molar-refractivity contribution in [1.82, 2.24) is 0 Å². The smallest absolute Gasteiger partial charge is 0.342 e. The average molecular weight is 289 g/mol. The summed E-state index contributed by atoms with van der Waals surface area (Å²) in [6.45, 7) is 0. The maximum Gasteiger partial charge on any atom is 0.448 e. The fourth-order valence-electron chi connectivity index (χ4n) is 1.46. The van der Waals surface area contributed by atoms with E-state index < -0.39 is 12.0 Å². The van der Waals surface area contributed by atoms with Gasteiger partial charge in [-0.15, -0.1) is 0 Å². The van der Waals surface area contributed by atoms with Crippen LogP contribution >= 0.6 is 23.2 Å². The highest BCUT2D eigenvalue weighted by Crippen LogP contribution is 2.43. The molecule has 17 heavy (non-hydrogen) atoms. The summed E-state index contributed by atoms with van der Waals surface area (Å²) < 4.78 is 47.9. The highest BCUT2D eigenvalue weighted by molar-refractivity contribution is 6.34. The number of alkyl halides is 3. The van der Waals surface area contributed by atoms with E-state index in [1.54, 1.807) is 0 Å². The first-order valence-corrected chi connectivity index (χ1v) is 5.16. The molecule has 0 amide bonds. The van der Waals surface area contributed by atoms with E-state index in [0.717, 1.165) is 26.4 Å². The number of benzene rings is 1. The molecule has 1 aromatic rings. The van der Waals surface area contributed by atoms with Crippen molar-refractivity contribution in [2.24, 2.45) is 0 Å². The minimum absolute atomic E-state index is 0.0650. The predicted octanol–water partition coefficient (Wildman–Crippen LogP) is 4.00. The lowest BCUT2D eigenvalue weighted by Gasteiger charge is -2.33. The fourth-order valence-corrected chi connectivity index (χ4v) is 1.98. The van der Waals surface area contributed by atoms with Gasteiger partial charge in [0, 0.05) is 29.8 Å². The average Bonchev–Trinajstić information content (AvgIpc) is 2.16. The number of halogens is 5. The summed E-state index contributed by atoms with van der Waals surface area (Å²) in [4.78, 5) is 0. The molecule has 0 N–H and O–H groups in total. The van der Waals surface area contributed by atoms with Crippen LogP contribution in [0.1, 0.15) is 5.56 Å². The van der Waals surface area contributed by atoms with Gasteiger partial charge in [-0.05, 0) is 18.2 Å². The number of rotatable bonds is 3. The largest absolute Gasteiger partial charge is 0.448 e. The normalized spacial score (nSPS) is 12.9. The summed E-state index contributed by atoms with van der Waals surface area (Å²) in [5.74, 6) is -2.87. The van der Waals surface area contributed by atoms with Crippen LogP contribution in [0.4, 0.5) is 13.2 Å². The summed E-state index contributed by atoms with van der Waals surface area (Å²) in [5, 5.41) is 0.130. The Balaban J connectivity index is 3.42. The molecule has 0 fully saturated rings. The van der Waals surface area contributed by atoms with Gasteiger partial charge in [0.15, 0.2) is 0 Å². The van der Waals surface area contributed by atoms with E-state index in [2.05, 4.69) is 9.47 Å². The van der Waals surface area contributed by atoms with Gasteiger partial charge in [0.05, 0.1) is 0 Å². The van der Waals surface area contributed by atoms with Crippen LogP contribution < -0.4 is 0 Å². The van der Waals surface area contributed by atoms with Crippen molar-refractivity contribution in [1.29, 1.82) is 0 Å². The van der Waals surface area contributed by atoms with Gasteiger partial charge < -0.3 is 9.47 Å². The molecule has 96 valence electrons. The van der Waals surface area contributed by atoms with Gasteiger partial charge in [-0.2, -0.15) is 13.2 Å². The van der Waals surface area contributed by atoms with E-state index in [-0.39, 0.29) is 15.6 Å². The molecule has 0 radical (unpaired) electrons. The zero-order valence-electron chi connectivity index (χ0n) is 8.94. The Kier molecular flexibility index (Phi) is 4.30. The molecule has 0 unspecified atom stereocenters. The van der Waals surface area contributed by atoms with E-state index in [9.17, 15) is 13.2 Å². The topological polar surface area (TPSA) is 18.5 Å². The Bertz CT molecular complexity index is 383. The molecule has 0 aliphatic heterocycles. The second-order valence-corrected chi connectivity index (χ2v) is 4.05. The van der Waals surface area contributed by atoms with E-state index in [1.165, 1.54) is 6.07 Å². The van der Waals surface area contributed by atoms with Crippen LogP contribution in [0.15, 0.2) is 18.2 Å².